The predicted molar refractivity (Wildman–Crippen MR) is 127 cm³/mol. The third-order valence-corrected chi connectivity index (χ3v) is 5.57. The van der Waals surface area contributed by atoms with Crippen molar-refractivity contribution in [3.8, 4) is 11.5 Å². The molecule has 0 saturated carbocycles. The standard InChI is InChI=1S/C25H33N3O3/c1-5-27-13-15-28(16-14-27)21-9-10-22(19(3)17-21)26-25(29)12-8-20-7-11-23(31-6-2)24(18-20)30-4/h7-12,17-18H,5-6,13-16H2,1-4H3,(H,26,29)/b12-8+. The number of nitrogens with zero attached hydrogens (tertiary/aromatic N) is 2. The Morgan fingerprint density at radius 1 is 1.06 bits per heavy atom. The Morgan fingerprint density at radius 2 is 1.84 bits per heavy atom. The van der Waals surface area contributed by atoms with Crippen molar-refractivity contribution in [2.45, 2.75) is 20.8 Å². The van der Waals surface area contributed by atoms with Crippen molar-refractivity contribution >= 4 is 23.4 Å². The zero-order valence-electron chi connectivity index (χ0n) is 19.0. The highest BCUT2D eigenvalue weighted by molar-refractivity contribution is 6.02. The number of aryl methyl sites for hydroxylation is 1. The van der Waals surface area contributed by atoms with Gasteiger partial charge in [-0.25, -0.2) is 0 Å². The number of methoxy groups -OCH3 is 1. The lowest BCUT2D eigenvalue weighted by atomic mass is 10.1. The van der Waals surface area contributed by atoms with E-state index in [-0.39, 0.29) is 5.91 Å². The third-order valence-electron chi connectivity index (χ3n) is 5.57. The van der Waals surface area contributed by atoms with Crippen LogP contribution in [-0.2, 0) is 4.79 Å². The highest BCUT2D eigenvalue weighted by Crippen LogP contribution is 2.28. The molecule has 0 bridgehead atoms. The van der Waals surface area contributed by atoms with Gasteiger partial charge in [0, 0.05) is 43.6 Å². The number of anilines is 2. The summed E-state index contributed by atoms with van der Waals surface area (Å²) in [6, 6.07) is 11.8. The number of carbonyl (C=O) groups excluding carboxylic acids is 1. The van der Waals surface area contributed by atoms with Crippen LogP contribution in [-0.4, -0.2) is 57.2 Å². The van der Waals surface area contributed by atoms with Gasteiger partial charge in [0.05, 0.1) is 13.7 Å². The van der Waals surface area contributed by atoms with Gasteiger partial charge in [0.15, 0.2) is 11.5 Å². The third kappa shape index (κ3) is 6.01. The Balaban J connectivity index is 1.61. The zero-order chi connectivity index (χ0) is 22.2. The molecule has 0 unspecified atom stereocenters. The summed E-state index contributed by atoms with van der Waals surface area (Å²) in [6.45, 7) is 12.1. The molecule has 0 atom stereocenters. The van der Waals surface area contributed by atoms with Gasteiger partial charge in [-0.2, -0.15) is 0 Å². The summed E-state index contributed by atoms with van der Waals surface area (Å²) in [5, 5.41) is 2.98. The van der Waals surface area contributed by atoms with Gasteiger partial charge < -0.3 is 24.6 Å². The van der Waals surface area contributed by atoms with Gasteiger partial charge >= 0.3 is 0 Å². The summed E-state index contributed by atoms with van der Waals surface area (Å²) in [4.78, 5) is 17.3. The molecular weight excluding hydrogens is 390 g/mol. The van der Waals surface area contributed by atoms with Crippen LogP contribution >= 0.6 is 0 Å². The largest absolute Gasteiger partial charge is 0.493 e. The molecule has 1 saturated heterocycles. The Bertz CT molecular complexity index is 918. The van der Waals surface area contributed by atoms with Crippen molar-refractivity contribution in [1.82, 2.24) is 4.90 Å². The fraction of sp³-hybridized carbons (Fsp3) is 0.400. The molecule has 1 amide bonds. The van der Waals surface area contributed by atoms with Crippen LogP contribution in [0.25, 0.3) is 6.08 Å². The number of likely N-dealkylation sites (N-methyl/N-ethyl adjacent to an activating group) is 1. The second kappa shape index (κ2) is 10.9. The number of rotatable bonds is 8. The molecule has 0 radical (unpaired) electrons. The molecule has 0 aliphatic carbocycles. The van der Waals surface area contributed by atoms with Crippen molar-refractivity contribution in [3.63, 3.8) is 0 Å². The summed E-state index contributed by atoms with van der Waals surface area (Å²) in [6.07, 6.45) is 3.30. The first-order chi connectivity index (χ1) is 15.0. The van der Waals surface area contributed by atoms with Crippen LogP contribution in [0.2, 0.25) is 0 Å². The fourth-order valence-corrected chi connectivity index (χ4v) is 3.72. The molecule has 2 aromatic rings. The summed E-state index contributed by atoms with van der Waals surface area (Å²) in [7, 11) is 1.61. The highest BCUT2D eigenvalue weighted by atomic mass is 16.5. The molecule has 6 nitrogen and oxygen atoms in total. The number of nitrogens with one attached hydrogen (secondary N) is 1. The molecule has 166 valence electrons. The molecule has 1 aliphatic rings. The molecule has 1 heterocycles. The second-order valence-corrected chi connectivity index (χ2v) is 7.59. The first kappa shape index (κ1) is 22.7. The smallest absolute Gasteiger partial charge is 0.248 e. The number of hydrogen-bond donors (Lipinski definition) is 1. The van der Waals surface area contributed by atoms with Crippen LogP contribution in [0.1, 0.15) is 25.0 Å². The number of ether oxygens (including phenoxy) is 2. The molecule has 1 fully saturated rings. The number of carbonyl (C=O) groups is 1. The lowest BCUT2D eigenvalue weighted by molar-refractivity contribution is -0.111. The number of amides is 1. The van der Waals surface area contributed by atoms with E-state index in [1.807, 2.05) is 38.1 Å². The van der Waals surface area contributed by atoms with Gasteiger partial charge in [0.25, 0.3) is 0 Å². The maximum atomic E-state index is 12.4. The van der Waals surface area contributed by atoms with E-state index in [0.717, 1.165) is 49.5 Å². The summed E-state index contributed by atoms with van der Waals surface area (Å²) in [5.74, 6) is 1.18. The molecule has 0 aromatic heterocycles. The predicted octanol–water partition coefficient (Wildman–Crippen LogP) is 4.20. The summed E-state index contributed by atoms with van der Waals surface area (Å²) < 4.78 is 10.9. The van der Waals surface area contributed by atoms with Gasteiger partial charge in [0.2, 0.25) is 5.91 Å². The van der Waals surface area contributed by atoms with E-state index in [2.05, 4.69) is 34.2 Å². The average Bonchev–Trinajstić information content (AvgIpc) is 2.80. The van der Waals surface area contributed by atoms with Crippen molar-refractivity contribution < 1.29 is 14.3 Å². The maximum absolute atomic E-state index is 12.4. The number of benzene rings is 2. The molecular formula is C25H33N3O3. The van der Waals surface area contributed by atoms with Gasteiger partial charge in [-0.1, -0.05) is 13.0 Å². The van der Waals surface area contributed by atoms with Crippen molar-refractivity contribution in [2.24, 2.45) is 0 Å². The van der Waals surface area contributed by atoms with Gasteiger partial charge in [-0.05, 0) is 67.9 Å². The molecule has 1 aliphatic heterocycles. The first-order valence-corrected chi connectivity index (χ1v) is 10.9. The fourth-order valence-electron chi connectivity index (χ4n) is 3.72. The van der Waals surface area contributed by atoms with Crippen LogP contribution in [0.4, 0.5) is 11.4 Å². The van der Waals surface area contributed by atoms with Crippen LogP contribution < -0.4 is 19.7 Å². The van der Waals surface area contributed by atoms with Gasteiger partial charge in [-0.3, -0.25) is 4.79 Å². The average molecular weight is 424 g/mol. The Hall–Kier alpha value is -2.99. The SMILES string of the molecule is CCOc1ccc(/C=C/C(=O)Nc2ccc(N3CCN(CC)CC3)cc2C)cc1OC. The lowest BCUT2D eigenvalue weighted by Gasteiger charge is -2.35. The van der Waals surface area contributed by atoms with Crippen molar-refractivity contribution in [3.05, 3.63) is 53.6 Å². The molecule has 31 heavy (non-hydrogen) atoms. The van der Waals surface area contributed by atoms with Gasteiger partial charge in [-0.15, -0.1) is 0 Å². The van der Waals surface area contributed by atoms with Crippen molar-refractivity contribution in [1.29, 1.82) is 0 Å². The number of hydrogen-bond acceptors (Lipinski definition) is 5. The highest BCUT2D eigenvalue weighted by Gasteiger charge is 2.16. The van der Waals surface area contributed by atoms with E-state index >= 15 is 0 Å². The van der Waals surface area contributed by atoms with E-state index in [4.69, 9.17) is 9.47 Å². The normalized spacial score (nSPS) is 14.6. The monoisotopic (exact) mass is 423 g/mol. The number of piperazine rings is 1. The van der Waals surface area contributed by atoms with Gasteiger partial charge in [0.1, 0.15) is 0 Å². The minimum Gasteiger partial charge on any atom is -0.493 e. The maximum Gasteiger partial charge on any atom is 0.248 e. The molecule has 2 aromatic carbocycles. The zero-order valence-corrected chi connectivity index (χ0v) is 19.0. The summed E-state index contributed by atoms with van der Waals surface area (Å²) in [5.41, 5.74) is 3.96. The van der Waals surface area contributed by atoms with E-state index in [1.165, 1.54) is 11.8 Å². The van der Waals surface area contributed by atoms with Crippen LogP contribution in [0.15, 0.2) is 42.5 Å². The summed E-state index contributed by atoms with van der Waals surface area (Å²) >= 11 is 0. The minimum absolute atomic E-state index is 0.166. The van der Waals surface area contributed by atoms with E-state index in [1.54, 1.807) is 13.2 Å². The quantitative estimate of drug-likeness (QED) is 0.645. The minimum atomic E-state index is -0.166. The molecule has 0 spiro atoms. The topological polar surface area (TPSA) is 54.0 Å². The molecule has 6 heteroatoms. The first-order valence-electron chi connectivity index (χ1n) is 10.9. The van der Waals surface area contributed by atoms with E-state index < -0.39 is 0 Å². The molecule has 3 rings (SSSR count). The Kier molecular flexibility index (Phi) is 7.95. The molecule has 1 N–H and O–H groups in total. The van der Waals surface area contributed by atoms with E-state index in [9.17, 15) is 4.79 Å². The van der Waals surface area contributed by atoms with Crippen LogP contribution in [0.3, 0.4) is 0 Å². The van der Waals surface area contributed by atoms with Crippen molar-refractivity contribution in [2.75, 3.05) is 56.7 Å². The Morgan fingerprint density at radius 3 is 2.48 bits per heavy atom. The lowest BCUT2D eigenvalue weighted by Crippen LogP contribution is -2.46. The van der Waals surface area contributed by atoms with Crippen LogP contribution in [0.5, 0.6) is 11.5 Å². The van der Waals surface area contributed by atoms with Crippen LogP contribution in [0, 0.1) is 6.92 Å². The Labute approximate surface area is 185 Å². The van der Waals surface area contributed by atoms with E-state index in [0.29, 0.717) is 18.1 Å². The second-order valence-electron chi connectivity index (χ2n) is 7.59.